The van der Waals surface area contributed by atoms with Crippen molar-refractivity contribution in [3.63, 3.8) is 0 Å². The Kier molecular flexibility index (Phi) is 6.69. The fourth-order valence-electron chi connectivity index (χ4n) is 3.79. The van der Waals surface area contributed by atoms with E-state index in [2.05, 4.69) is 26.2 Å². The molecule has 4 rings (SSSR count). The lowest BCUT2D eigenvalue weighted by molar-refractivity contribution is 0.0595. The summed E-state index contributed by atoms with van der Waals surface area (Å²) in [6, 6.07) is 9.82. The van der Waals surface area contributed by atoms with Crippen LogP contribution < -0.4 is 10.1 Å². The number of ether oxygens (including phenoxy) is 1. The predicted molar refractivity (Wildman–Crippen MR) is 131 cm³/mol. The van der Waals surface area contributed by atoms with E-state index in [1.807, 2.05) is 31.3 Å². The minimum absolute atomic E-state index is 0.00587. The Morgan fingerprint density at radius 1 is 1.32 bits per heavy atom. The number of nitrogens with one attached hydrogen (secondary N) is 1. The highest BCUT2D eigenvalue weighted by molar-refractivity contribution is 9.10. The molecular weight excluding hydrogens is 553 g/mol. The number of benzene rings is 2. The maximum atomic E-state index is 14.3. The zero-order chi connectivity index (χ0) is 24.8. The molecule has 0 radical (unpaired) electrons. The van der Waals surface area contributed by atoms with Gasteiger partial charge in [0.2, 0.25) is 0 Å². The smallest absolute Gasteiger partial charge is 0.400 e. The van der Waals surface area contributed by atoms with Crippen molar-refractivity contribution in [1.82, 2.24) is 5.32 Å². The van der Waals surface area contributed by atoms with Gasteiger partial charge in [-0.25, -0.2) is 0 Å². The van der Waals surface area contributed by atoms with E-state index in [0.29, 0.717) is 22.5 Å². The number of nitrogens with zero attached hydrogens (tertiary/aromatic N) is 1. The molecule has 0 fully saturated rings. The molecule has 7 nitrogen and oxygen atoms in total. The van der Waals surface area contributed by atoms with Gasteiger partial charge in [-0.05, 0) is 71.2 Å². The molecule has 0 bridgehead atoms. The molecular formula is C22H20BrF2N2O5PS. The summed E-state index contributed by atoms with van der Waals surface area (Å²) in [4.78, 5) is 34.6. The standard InChI is InChI=1S/C22H20BrF2N2O5PS/c1-11(7-13-10-26-17-5-4-14(32-2)9-15(13)17)27-21(28)12-3-6-18-16(8-12)19(23)20(34-18)22(24,25)33(29,30)31/h3-6,8-11,13H,7H2,1-2H3,(H,27,28)(H2,29,30,31). The second-order valence-corrected chi connectivity index (χ2v) is 11.5. The number of carbonyl (C=O) groups excluding carboxylic acids is 1. The fourth-order valence-corrected chi connectivity index (χ4v) is 6.72. The summed E-state index contributed by atoms with van der Waals surface area (Å²) >= 11 is 3.59. The SMILES string of the molecule is COc1ccc2c(c1)C(CC(C)NC(=O)c1ccc3sc(C(F)(F)P(=O)(O)O)c(Br)c3c1)C=N2. The summed E-state index contributed by atoms with van der Waals surface area (Å²) in [5.74, 6) is 0.340. The zero-order valence-electron chi connectivity index (χ0n) is 18.0. The molecule has 2 aromatic carbocycles. The van der Waals surface area contributed by atoms with E-state index in [-0.39, 0.29) is 27.4 Å². The molecule has 0 aliphatic carbocycles. The van der Waals surface area contributed by atoms with Crippen LogP contribution in [0.5, 0.6) is 5.75 Å². The first-order valence-electron chi connectivity index (χ1n) is 10.1. The third kappa shape index (κ3) is 4.55. The predicted octanol–water partition coefficient (Wildman–Crippen LogP) is 5.91. The largest absolute Gasteiger partial charge is 0.497 e. The van der Waals surface area contributed by atoms with Crippen LogP contribution in [0.15, 0.2) is 45.9 Å². The monoisotopic (exact) mass is 572 g/mol. The molecule has 2 unspecified atom stereocenters. The van der Waals surface area contributed by atoms with Crippen LogP contribution in [0.3, 0.4) is 0 Å². The number of hydrogen-bond donors (Lipinski definition) is 3. The summed E-state index contributed by atoms with van der Waals surface area (Å²) < 4.78 is 45.3. The molecule has 2 atom stereocenters. The van der Waals surface area contributed by atoms with Crippen LogP contribution in [0.1, 0.15) is 40.1 Å². The third-order valence-corrected chi connectivity index (χ3v) is 8.97. The first kappa shape index (κ1) is 24.9. The number of aliphatic imine (C=N–C) groups is 1. The first-order valence-corrected chi connectivity index (χ1v) is 13.3. The van der Waals surface area contributed by atoms with Crippen LogP contribution in [0.2, 0.25) is 0 Å². The molecule has 180 valence electrons. The Labute approximate surface area is 206 Å². The van der Waals surface area contributed by atoms with Crippen molar-refractivity contribution in [2.24, 2.45) is 4.99 Å². The molecule has 0 saturated heterocycles. The number of fused-ring (bicyclic) bond motifs is 2. The number of halogens is 3. The van der Waals surface area contributed by atoms with Crippen molar-refractivity contribution in [2.45, 2.75) is 31.0 Å². The van der Waals surface area contributed by atoms with Gasteiger partial charge in [-0.3, -0.25) is 14.4 Å². The summed E-state index contributed by atoms with van der Waals surface area (Å²) in [6.07, 6.45) is 2.43. The van der Waals surface area contributed by atoms with Crippen LogP contribution in [0, 0.1) is 0 Å². The van der Waals surface area contributed by atoms with Crippen molar-refractivity contribution in [3.8, 4) is 5.75 Å². The highest BCUT2D eigenvalue weighted by Crippen LogP contribution is 2.62. The van der Waals surface area contributed by atoms with E-state index < -0.39 is 24.0 Å². The lowest BCUT2D eigenvalue weighted by Crippen LogP contribution is -2.33. The van der Waals surface area contributed by atoms with Crippen LogP contribution >= 0.6 is 34.9 Å². The van der Waals surface area contributed by atoms with Crippen LogP contribution in [-0.4, -0.2) is 35.1 Å². The highest BCUT2D eigenvalue weighted by atomic mass is 79.9. The Hall–Kier alpha value is -2.17. The molecule has 3 aromatic rings. The summed E-state index contributed by atoms with van der Waals surface area (Å²) in [5, 5.41) is 3.19. The fraction of sp³-hybridized carbons (Fsp3) is 0.273. The molecule has 1 aliphatic heterocycles. The first-order chi connectivity index (χ1) is 15.9. The minimum atomic E-state index is -5.72. The maximum absolute atomic E-state index is 14.3. The van der Waals surface area contributed by atoms with Crippen LogP contribution in [0.25, 0.3) is 10.1 Å². The molecule has 3 N–H and O–H groups in total. The van der Waals surface area contributed by atoms with Gasteiger partial charge in [0.15, 0.2) is 0 Å². The van der Waals surface area contributed by atoms with Crippen molar-refractivity contribution in [3.05, 3.63) is 56.9 Å². The number of amides is 1. The summed E-state index contributed by atoms with van der Waals surface area (Å²) in [5.41, 5.74) is -2.22. The molecule has 0 spiro atoms. The van der Waals surface area contributed by atoms with Crippen molar-refractivity contribution in [1.29, 1.82) is 0 Å². The quantitative estimate of drug-likeness (QED) is 0.305. The number of hydrogen-bond acceptors (Lipinski definition) is 5. The average molecular weight is 573 g/mol. The van der Waals surface area contributed by atoms with E-state index >= 15 is 0 Å². The number of carbonyl (C=O) groups is 1. The lowest BCUT2D eigenvalue weighted by Gasteiger charge is -2.18. The van der Waals surface area contributed by atoms with E-state index in [1.165, 1.54) is 18.2 Å². The molecule has 2 heterocycles. The Morgan fingerprint density at radius 3 is 2.74 bits per heavy atom. The molecule has 34 heavy (non-hydrogen) atoms. The Bertz CT molecular complexity index is 1360. The lowest BCUT2D eigenvalue weighted by atomic mass is 9.94. The maximum Gasteiger partial charge on any atom is 0.400 e. The second-order valence-electron chi connectivity index (χ2n) is 7.96. The summed E-state index contributed by atoms with van der Waals surface area (Å²) in [6.45, 7) is 1.86. The average Bonchev–Trinajstić information content (AvgIpc) is 3.33. The van der Waals surface area contributed by atoms with Crippen molar-refractivity contribution >= 4 is 62.8 Å². The minimum Gasteiger partial charge on any atom is -0.497 e. The normalized spacial score (nSPS) is 16.5. The number of alkyl halides is 2. The number of thiophene rings is 1. The van der Waals surface area contributed by atoms with Gasteiger partial charge in [-0.1, -0.05) is 0 Å². The van der Waals surface area contributed by atoms with E-state index in [4.69, 9.17) is 14.5 Å². The van der Waals surface area contributed by atoms with Gasteiger partial charge in [0.05, 0.1) is 12.8 Å². The molecule has 12 heteroatoms. The van der Waals surface area contributed by atoms with Crippen molar-refractivity contribution < 1.29 is 32.7 Å². The molecule has 1 amide bonds. The van der Waals surface area contributed by atoms with Gasteiger partial charge in [0.1, 0.15) is 10.6 Å². The topological polar surface area (TPSA) is 108 Å². The van der Waals surface area contributed by atoms with E-state index in [9.17, 15) is 18.1 Å². The Morgan fingerprint density at radius 2 is 2.06 bits per heavy atom. The third-order valence-electron chi connectivity index (χ3n) is 5.54. The van der Waals surface area contributed by atoms with Crippen LogP contribution in [-0.2, 0) is 10.2 Å². The second kappa shape index (κ2) is 9.13. The van der Waals surface area contributed by atoms with E-state index in [0.717, 1.165) is 17.0 Å². The van der Waals surface area contributed by atoms with Gasteiger partial charge < -0.3 is 19.8 Å². The van der Waals surface area contributed by atoms with Crippen molar-refractivity contribution in [2.75, 3.05) is 7.11 Å². The van der Waals surface area contributed by atoms with Gasteiger partial charge in [0, 0.05) is 38.3 Å². The number of methoxy groups -OCH3 is 1. The molecule has 1 aromatic heterocycles. The Balaban J connectivity index is 1.51. The van der Waals surface area contributed by atoms with Gasteiger partial charge in [0.25, 0.3) is 5.91 Å². The number of rotatable bonds is 7. The van der Waals surface area contributed by atoms with E-state index in [1.54, 1.807) is 7.11 Å². The molecule has 1 aliphatic rings. The highest BCUT2D eigenvalue weighted by Gasteiger charge is 2.53. The molecule has 0 saturated carbocycles. The van der Waals surface area contributed by atoms with Gasteiger partial charge in [-0.15, -0.1) is 11.3 Å². The summed E-state index contributed by atoms with van der Waals surface area (Å²) in [7, 11) is -4.12. The van der Waals surface area contributed by atoms with Gasteiger partial charge in [-0.2, -0.15) is 8.78 Å². The van der Waals surface area contributed by atoms with Crippen LogP contribution in [0.4, 0.5) is 14.5 Å². The van der Waals surface area contributed by atoms with Gasteiger partial charge >= 0.3 is 13.3 Å². The zero-order valence-corrected chi connectivity index (χ0v) is 21.3.